The SMILES string of the molecule is CC1CCN(CC(=O)Nc2ccc(Br)c(Cl)c2)CC1. The van der Waals surface area contributed by atoms with Gasteiger partial charge < -0.3 is 5.32 Å². The summed E-state index contributed by atoms with van der Waals surface area (Å²) in [4.78, 5) is 14.2. The van der Waals surface area contributed by atoms with Gasteiger partial charge in [0.15, 0.2) is 0 Å². The molecule has 0 aromatic heterocycles. The molecular weight excluding hydrogens is 328 g/mol. The Hall–Kier alpha value is -0.580. The molecule has 0 aliphatic carbocycles. The maximum absolute atomic E-state index is 12.0. The first-order valence-electron chi connectivity index (χ1n) is 6.52. The number of nitrogens with one attached hydrogen (secondary N) is 1. The third-order valence-corrected chi connectivity index (χ3v) is 4.68. The van der Waals surface area contributed by atoms with E-state index in [9.17, 15) is 4.79 Å². The predicted octanol–water partition coefficient (Wildman–Crippen LogP) is 3.77. The van der Waals surface area contributed by atoms with Crippen LogP contribution in [0.15, 0.2) is 22.7 Å². The van der Waals surface area contributed by atoms with E-state index in [4.69, 9.17) is 11.6 Å². The van der Waals surface area contributed by atoms with Gasteiger partial charge in [-0.2, -0.15) is 0 Å². The molecule has 0 radical (unpaired) electrons. The van der Waals surface area contributed by atoms with Crippen molar-refractivity contribution >= 4 is 39.1 Å². The van der Waals surface area contributed by atoms with Crippen LogP contribution in [-0.4, -0.2) is 30.4 Å². The Morgan fingerprint density at radius 1 is 1.47 bits per heavy atom. The number of hydrogen-bond donors (Lipinski definition) is 1. The fourth-order valence-corrected chi connectivity index (χ4v) is 2.62. The fraction of sp³-hybridized carbons (Fsp3) is 0.500. The van der Waals surface area contributed by atoms with Gasteiger partial charge in [-0.25, -0.2) is 0 Å². The van der Waals surface area contributed by atoms with Crippen LogP contribution in [0.3, 0.4) is 0 Å². The van der Waals surface area contributed by atoms with E-state index in [1.807, 2.05) is 12.1 Å². The molecule has 104 valence electrons. The molecule has 1 N–H and O–H groups in total. The lowest BCUT2D eigenvalue weighted by molar-refractivity contribution is -0.117. The summed E-state index contributed by atoms with van der Waals surface area (Å²) < 4.78 is 0.831. The molecule has 2 rings (SSSR count). The fourth-order valence-electron chi connectivity index (χ4n) is 2.20. The first kappa shape index (κ1) is 14.8. The Morgan fingerprint density at radius 3 is 2.79 bits per heavy atom. The van der Waals surface area contributed by atoms with Crippen LogP contribution in [0.5, 0.6) is 0 Å². The molecule has 1 amide bonds. The largest absolute Gasteiger partial charge is 0.325 e. The number of likely N-dealkylation sites (tertiary alicyclic amines) is 1. The standard InChI is InChI=1S/C14H18BrClN2O/c1-10-4-6-18(7-5-10)9-14(19)17-11-2-3-12(15)13(16)8-11/h2-3,8,10H,4-7,9H2,1H3,(H,17,19). The molecule has 5 heteroatoms. The molecule has 0 bridgehead atoms. The highest BCUT2D eigenvalue weighted by Crippen LogP contribution is 2.25. The molecule has 0 saturated carbocycles. The van der Waals surface area contributed by atoms with E-state index in [0.717, 1.165) is 29.2 Å². The number of hydrogen-bond acceptors (Lipinski definition) is 2. The van der Waals surface area contributed by atoms with Crippen LogP contribution in [0.2, 0.25) is 5.02 Å². The van der Waals surface area contributed by atoms with Gasteiger partial charge in [0.05, 0.1) is 11.6 Å². The number of rotatable bonds is 3. The van der Waals surface area contributed by atoms with Gasteiger partial charge >= 0.3 is 0 Å². The topological polar surface area (TPSA) is 32.3 Å². The van der Waals surface area contributed by atoms with E-state index in [-0.39, 0.29) is 5.91 Å². The van der Waals surface area contributed by atoms with E-state index in [1.54, 1.807) is 6.07 Å². The van der Waals surface area contributed by atoms with Gasteiger partial charge in [0.25, 0.3) is 0 Å². The minimum Gasteiger partial charge on any atom is -0.325 e. The molecule has 1 saturated heterocycles. The zero-order chi connectivity index (χ0) is 13.8. The summed E-state index contributed by atoms with van der Waals surface area (Å²) in [6.07, 6.45) is 2.36. The van der Waals surface area contributed by atoms with Crippen molar-refractivity contribution in [3.8, 4) is 0 Å². The summed E-state index contributed by atoms with van der Waals surface area (Å²) in [6, 6.07) is 5.43. The molecule has 1 heterocycles. The van der Waals surface area contributed by atoms with Crippen LogP contribution in [0.1, 0.15) is 19.8 Å². The Bertz CT molecular complexity index is 459. The van der Waals surface area contributed by atoms with Gasteiger partial charge in [0.1, 0.15) is 0 Å². The molecule has 3 nitrogen and oxygen atoms in total. The van der Waals surface area contributed by atoms with Crippen molar-refractivity contribution in [1.29, 1.82) is 0 Å². The number of nitrogens with zero attached hydrogens (tertiary/aromatic N) is 1. The minimum atomic E-state index is 0.0212. The first-order chi connectivity index (χ1) is 9.04. The highest BCUT2D eigenvalue weighted by molar-refractivity contribution is 9.10. The molecule has 0 spiro atoms. The summed E-state index contributed by atoms with van der Waals surface area (Å²) >= 11 is 9.32. The van der Waals surface area contributed by atoms with Crippen molar-refractivity contribution in [3.05, 3.63) is 27.7 Å². The van der Waals surface area contributed by atoms with E-state index in [0.29, 0.717) is 11.6 Å². The van der Waals surface area contributed by atoms with Gasteiger partial charge in [0, 0.05) is 10.2 Å². The van der Waals surface area contributed by atoms with Crippen LogP contribution in [0.4, 0.5) is 5.69 Å². The van der Waals surface area contributed by atoms with Crippen LogP contribution in [0, 0.1) is 5.92 Å². The van der Waals surface area contributed by atoms with Crippen LogP contribution < -0.4 is 5.32 Å². The maximum Gasteiger partial charge on any atom is 0.238 e. The van der Waals surface area contributed by atoms with Crippen LogP contribution >= 0.6 is 27.5 Å². The Labute approximate surface area is 127 Å². The van der Waals surface area contributed by atoms with Crippen molar-refractivity contribution < 1.29 is 4.79 Å². The summed E-state index contributed by atoms with van der Waals surface area (Å²) in [7, 11) is 0. The summed E-state index contributed by atoms with van der Waals surface area (Å²) in [5, 5.41) is 3.48. The van der Waals surface area contributed by atoms with Crippen molar-refractivity contribution in [1.82, 2.24) is 4.90 Å². The number of piperidine rings is 1. The van der Waals surface area contributed by atoms with Gasteiger partial charge in [0.2, 0.25) is 5.91 Å². The second-order valence-electron chi connectivity index (χ2n) is 5.14. The lowest BCUT2D eigenvalue weighted by Gasteiger charge is -2.29. The number of carbonyl (C=O) groups is 1. The first-order valence-corrected chi connectivity index (χ1v) is 7.69. The highest BCUT2D eigenvalue weighted by atomic mass is 79.9. The zero-order valence-corrected chi connectivity index (χ0v) is 13.3. The molecule has 1 aliphatic heterocycles. The maximum atomic E-state index is 12.0. The minimum absolute atomic E-state index is 0.0212. The van der Waals surface area contributed by atoms with Gasteiger partial charge in [-0.15, -0.1) is 0 Å². The summed E-state index contributed by atoms with van der Waals surface area (Å²) in [5.74, 6) is 0.803. The Morgan fingerprint density at radius 2 is 2.16 bits per heavy atom. The zero-order valence-electron chi connectivity index (χ0n) is 11.0. The molecule has 19 heavy (non-hydrogen) atoms. The average Bonchev–Trinajstić information content (AvgIpc) is 2.37. The monoisotopic (exact) mass is 344 g/mol. The van der Waals surface area contributed by atoms with Gasteiger partial charge in [-0.1, -0.05) is 18.5 Å². The summed E-state index contributed by atoms with van der Waals surface area (Å²) in [6.45, 7) is 4.74. The third-order valence-electron chi connectivity index (χ3n) is 3.45. The molecule has 1 aliphatic rings. The molecule has 1 aromatic rings. The lowest BCUT2D eigenvalue weighted by atomic mass is 9.99. The highest BCUT2D eigenvalue weighted by Gasteiger charge is 2.17. The molecule has 0 atom stereocenters. The Balaban J connectivity index is 1.85. The van der Waals surface area contributed by atoms with E-state index in [1.165, 1.54) is 12.8 Å². The molecule has 1 fully saturated rings. The third kappa shape index (κ3) is 4.48. The quantitative estimate of drug-likeness (QED) is 0.904. The molecule has 1 aromatic carbocycles. The van der Waals surface area contributed by atoms with Crippen LogP contribution in [0.25, 0.3) is 0 Å². The number of anilines is 1. The molecule has 0 unspecified atom stereocenters. The van der Waals surface area contributed by atoms with E-state index in [2.05, 4.69) is 33.1 Å². The number of halogens is 2. The van der Waals surface area contributed by atoms with Crippen molar-refractivity contribution in [2.45, 2.75) is 19.8 Å². The predicted molar refractivity (Wildman–Crippen MR) is 82.6 cm³/mol. The number of benzene rings is 1. The normalized spacial score (nSPS) is 17.4. The second kappa shape index (κ2) is 6.73. The van der Waals surface area contributed by atoms with Crippen molar-refractivity contribution in [2.75, 3.05) is 25.0 Å². The number of carbonyl (C=O) groups excluding carboxylic acids is 1. The van der Waals surface area contributed by atoms with Gasteiger partial charge in [-0.3, -0.25) is 9.69 Å². The molecular formula is C14H18BrClN2O. The Kier molecular flexibility index (Phi) is 5.25. The average molecular weight is 346 g/mol. The smallest absolute Gasteiger partial charge is 0.238 e. The summed E-state index contributed by atoms with van der Waals surface area (Å²) in [5.41, 5.74) is 0.739. The van der Waals surface area contributed by atoms with E-state index < -0.39 is 0 Å². The number of amides is 1. The lowest BCUT2D eigenvalue weighted by Crippen LogP contribution is -2.38. The van der Waals surface area contributed by atoms with Gasteiger partial charge in [-0.05, 0) is 66.0 Å². The van der Waals surface area contributed by atoms with Crippen LogP contribution in [-0.2, 0) is 4.79 Å². The van der Waals surface area contributed by atoms with E-state index >= 15 is 0 Å². The van der Waals surface area contributed by atoms with Crippen molar-refractivity contribution in [3.63, 3.8) is 0 Å². The van der Waals surface area contributed by atoms with Crippen molar-refractivity contribution in [2.24, 2.45) is 5.92 Å². The second-order valence-corrected chi connectivity index (χ2v) is 6.40.